The number of benzene rings is 1. The molecule has 1 N–H and O–H groups in total. The monoisotopic (exact) mass is 297 g/mol. The average Bonchev–Trinajstić information content (AvgIpc) is 2.35. The predicted molar refractivity (Wildman–Crippen MR) is 75.9 cm³/mol. The maximum Gasteiger partial charge on any atom is 0.0885 e. The van der Waals surface area contributed by atoms with Gasteiger partial charge in [-0.25, -0.2) is 0 Å². The SMILES string of the molecule is C=COCCCNC(CC)c1ccc(Br)cc1. The van der Waals surface area contributed by atoms with Crippen molar-refractivity contribution in [1.82, 2.24) is 5.32 Å². The van der Waals surface area contributed by atoms with E-state index in [1.807, 2.05) is 0 Å². The van der Waals surface area contributed by atoms with Gasteiger partial charge in [-0.1, -0.05) is 41.6 Å². The summed E-state index contributed by atoms with van der Waals surface area (Å²) in [5, 5.41) is 3.53. The van der Waals surface area contributed by atoms with Crippen molar-refractivity contribution in [3.05, 3.63) is 47.1 Å². The summed E-state index contributed by atoms with van der Waals surface area (Å²) >= 11 is 3.45. The molecule has 0 spiro atoms. The molecule has 0 fully saturated rings. The fourth-order valence-electron chi connectivity index (χ4n) is 1.71. The summed E-state index contributed by atoms with van der Waals surface area (Å²) in [6.45, 7) is 7.40. The van der Waals surface area contributed by atoms with Crippen LogP contribution in [0.4, 0.5) is 0 Å². The molecule has 17 heavy (non-hydrogen) atoms. The van der Waals surface area contributed by atoms with Gasteiger partial charge in [0.15, 0.2) is 0 Å². The van der Waals surface area contributed by atoms with Crippen molar-refractivity contribution < 1.29 is 4.74 Å². The van der Waals surface area contributed by atoms with E-state index in [0.717, 1.165) is 30.5 Å². The topological polar surface area (TPSA) is 21.3 Å². The van der Waals surface area contributed by atoms with Gasteiger partial charge in [-0.3, -0.25) is 0 Å². The third-order valence-corrected chi connectivity index (χ3v) is 3.16. The lowest BCUT2D eigenvalue weighted by atomic mass is 10.0. The van der Waals surface area contributed by atoms with Crippen molar-refractivity contribution in [3.63, 3.8) is 0 Å². The maximum atomic E-state index is 5.09. The summed E-state index contributed by atoms with van der Waals surface area (Å²) < 4.78 is 6.21. The second-order valence-electron chi connectivity index (χ2n) is 3.86. The van der Waals surface area contributed by atoms with Gasteiger partial charge in [0.25, 0.3) is 0 Å². The molecule has 0 aromatic heterocycles. The lowest BCUT2D eigenvalue weighted by Crippen LogP contribution is -2.22. The summed E-state index contributed by atoms with van der Waals surface area (Å²) in [6, 6.07) is 8.91. The zero-order valence-electron chi connectivity index (χ0n) is 10.3. The Morgan fingerprint density at radius 1 is 1.41 bits per heavy atom. The van der Waals surface area contributed by atoms with E-state index in [2.05, 4.69) is 59.0 Å². The first-order chi connectivity index (χ1) is 8.27. The van der Waals surface area contributed by atoms with Crippen molar-refractivity contribution in [2.24, 2.45) is 0 Å². The standard InChI is InChI=1S/C14H20BrNO/c1-3-14(16-10-5-11-17-4-2)12-6-8-13(15)9-7-12/h4,6-9,14,16H,2-3,5,10-11H2,1H3. The number of halogens is 1. The van der Waals surface area contributed by atoms with E-state index in [4.69, 9.17) is 4.74 Å². The van der Waals surface area contributed by atoms with Crippen molar-refractivity contribution in [3.8, 4) is 0 Å². The molecule has 0 bridgehead atoms. The number of ether oxygens (including phenoxy) is 1. The molecule has 0 amide bonds. The lowest BCUT2D eigenvalue weighted by molar-refractivity contribution is 0.242. The molecule has 0 aliphatic heterocycles. The van der Waals surface area contributed by atoms with Crippen LogP contribution in [0.2, 0.25) is 0 Å². The largest absolute Gasteiger partial charge is 0.502 e. The van der Waals surface area contributed by atoms with Crippen molar-refractivity contribution in [2.45, 2.75) is 25.8 Å². The minimum absolute atomic E-state index is 0.423. The Bertz CT molecular complexity index is 323. The number of rotatable bonds is 8. The van der Waals surface area contributed by atoms with Crippen LogP contribution in [0.15, 0.2) is 41.6 Å². The van der Waals surface area contributed by atoms with E-state index in [9.17, 15) is 0 Å². The van der Waals surface area contributed by atoms with E-state index in [1.165, 1.54) is 11.8 Å². The molecule has 1 aromatic rings. The van der Waals surface area contributed by atoms with Gasteiger partial charge < -0.3 is 10.1 Å². The van der Waals surface area contributed by atoms with Crippen LogP contribution in [0.1, 0.15) is 31.4 Å². The van der Waals surface area contributed by atoms with Crippen LogP contribution in [0.25, 0.3) is 0 Å². The van der Waals surface area contributed by atoms with Gasteiger partial charge in [0.05, 0.1) is 12.9 Å². The molecule has 0 aliphatic carbocycles. The second kappa shape index (κ2) is 8.31. The van der Waals surface area contributed by atoms with E-state index in [1.54, 1.807) is 0 Å². The van der Waals surface area contributed by atoms with Crippen LogP contribution in [-0.2, 0) is 4.74 Å². The van der Waals surface area contributed by atoms with Gasteiger partial charge in [0.2, 0.25) is 0 Å². The number of hydrogen-bond acceptors (Lipinski definition) is 2. The minimum Gasteiger partial charge on any atom is -0.502 e. The summed E-state index contributed by atoms with van der Waals surface area (Å²) in [5.74, 6) is 0. The number of hydrogen-bond donors (Lipinski definition) is 1. The fraction of sp³-hybridized carbons (Fsp3) is 0.429. The molecule has 0 radical (unpaired) electrons. The second-order valence-corrected chi connectivity index (χ2v) is 4.77. The average molecular weight is 298 g/mol. The minimum atomic E-state index is 0.423. The maximum absolute atomic E-state index is 5.09. The van der Waals surface area contributed by atoms with Gasteiger partial charge in [-0.05, 0) is 37.1 Å². The first-order valence-electron chi connectivity index (χ1n) is 5.99. The fourth-order valence-corrected chi connectivity index (χ4v) is 1.97. The van der Waals surface area contributed by atoms with Crippen molar-refractivity contribution in [1.29, 1.82) is 0 Å². The quantitative estimate of drug-likeness (QED) is 0.577. The lowest BCUT2D eigenvalue weighted by Gasteiger charge is -2.17. The Hall–Kier alpha value is -0.800. The molecular formula is C14H20BrNO. The van der Waals surface area contributed by atoms with Crippen LogP contribution < -0.4 is 5.32 Å². The Morgan fingerprint density at radius 2 is 2.12 bits per heavy atom. The zero-order chi connectivity index (χ0) is 12.5. The molecule has 1 rings (SSSR count). The molecule has 0 saturated heterocycles. The summed E-state index contributed by atoms with van der Waals surface area (Å²) in [5.41, 5.74) is 1.33. The molecule has 1 unspecified atom stereocenters. The highest BCUT2D eigenvalue weighted by atomic mass is 79.9. The van der Waals surface area contributed by atoms with Crippen LogP contribution in [-0.4, -0.2) is 13.2 Å². The third-order valence-electron chi connectivity index (χ3n) is 2.63. The van der Waals surface area contributed by atoms with Crippen molar-refractivity contribution in [2.75, 3.05) is 13.2 Å². The van der Waals surface area contributed by atoms with Gasteiger partial charge in [0.1, 0.15) is 0 Å². The smallest absolute Gasteiger partial charge is 0.0885 e. The van der Waals surface area contributed by atoms with Gasteiger partial charge >= 0.3 is 0 Å². The van der Waals surface area contributed by atoms with E-state index in [0.29, 0.717) is 6.04 Å². The molecule has 2 nitrogen and oxygen atoms in total. The Labute approximate surface area is 112 Å². The zero-order valence-corrected chi connectivity index (χ0v) is 11.9. The third kappa shape index (κ3) is 5.37. The normalized spacial score (nSPS) is 12.1. The highest BCUT2D eigenvalue weighted by Crippen LogP contribution is 2.19. The first kappa shape index (κ1) is 14.3. The van der Waals surface area contributed by atoms with Gasteiger partial charge in [-0.2, -0.15) is 0 Å². The van der Waals surface area contributed by atoms with Crippen LogP contribution in [0, 0.1) is 0 Å². The first-order valence-corrected chi connectivity index (χ1v) is 6.78. The summed E-state index contributed by atoms with van der Waals surface area (Å²) in [6.07, 6.45) is 3.58. The van der Waals surface area contributed by atoms with E-state index < -0.39 is 0 Å². The van der Waals surface area contributed by atoms with Gasteiger partial charge in [-0.15, -0.1) is 0 Å². The Kier molecular flexibility index (Phi) is 6.97. The predicted octanol–water partition coefficient (Wildman–Crippen LogP) is 4.04. The Morgan fingerprint density at radius 3 is 2.71 bits per heavy atom. The molecule has 1 atom stereocenters. The van der Waals surface area contributed by atoms with Crippen LogP contribution in [0.3, 0.4) is 0 Å². The van der Waals surface area contributed by atoms with E-state index >= 15 is 0 Å². The summed E-state index contributed by atoms with van der Waals surface area (Å²) in [7, 11) is 0. The molecule has 0 aliphatic rings. The number of nitrogens with one attached hydrogen (secondary N) is 1. The van der Waals surface area contributed by atoms with Crippen LogP contribution in [0.5, 0.6) is 0 Å². The highest BCUT2D eigenvalue weighted by molar-refractivity contribution is 9.10. The molecule has 0 heterocycles. The Balaban J connectivity index is 2.37. The van der Waals surface area contributed by atoms with Crippen LogP contribution >= 0.6 is 15.9 Å². The molecule has 1 aromatic carbocycles. The van der Waals surface area contributed by atoms with E-state index in [-0.39, 0.29) is 0 Å². The molecule has 0 saturated carbocycles. The highest BCUT2D eigenvalue weighted by Gasteiger charge is 2.07. The van der Waals surface area contributed by atoms with Crippen molar-refractivity contribution >= 4 is 15.9 Å². The molecule has 3 heteroatoms. The molecular weight excluding hydrogens is 278 g/mol. The van der Waals surface area contributed by atoms with Gasteiger partial charge in [0, 0.05) is 10.5 Å². The summed E-state index contributed by atoms with van der Waals surface area (Å²) in [4.78, 5) is 0. The molecule has 94 valence electrons.